The summed E-state index contributed by atoms with van der Waals surface area (Å²) in [7, 11) is 0. The van der Waals surface area contributed by atoms with Crippen molar-refractivity contribution in [2.24, 2.45) is 0 Å². The van der Waals surface area contributed by atoms with Crippen LogP contribution in [0.2, 0.25) is 0 Å². The smallest absolute Gasteiger partial charge is 0.135 e. The van der Waals surface area contributed by atoms with Crippen molar-refractivity contribution in [2.75, 3.05) is 26.4 Å². The summed E-state index contributed by atoms with van der Waals surface area (Å²) in [6, 6.07) is 30.4. The van der Waals surface area contributed by atoms with Crippen molar-refractivity contribution in [1.29, 1.82) is 0 Å². The molecule has 0 spiro atoms. The molecule has 0 heterocycles. The summed E-state index contributed by atoms with van der Waals surface area (Å²) in [4.78, 5) is 0. The van der Waals surface area contributed by atoms with Gasteiger partial charge in [0.1, 0.15) is 23.0 Å². The molecule has 458 valence electrons. The van der Waals surface area contributed by atoms with Crippen LogP contribution in [0, 0.1) is 23.7 Å². The molecule has 0 aliphatic heterocycles. The van der Waals surface area contributed by atoms with Gasteiger partial charge in [0.25, 0.3) is 0 Å². The Morgan fingerprint density at radius 3 is 0.786 bits per heavy atom. The molecule has 0 radical (unpaired) electrons. The second-order valence-corrected chi connectivity index (χ2v) is 24.6. The van der Waals surface area contributed by atoms with Crippen molar-refractivity contribution < 1.29 is 18.9 Å². The summed E-state index contributed by atoms with van der Waals surface area (Å²) in [6.07, 6.45) is 52.2. The molecule has 0 unspecified atom stereocenters. The average molecular weight is 1140 g/mol. The van der Waals surface area contributed by atoms with Crippen molar-refractivity contribution in [3.63, 3.8) is 0 Å². The summed E-state index contributed by atoms with van der Waals surface area (Å²) < 4.78 is 25.9. The molecule has 0 bridgehead atoms. The van der Waals surface area contributed by atoms with Gasteiger partial charge in [0.05, 0.1) is 37.6 Å². The lowest BCUT2D eigenvalue weighted by molar-refractivity contribution is 0.295. The molecule has 6 aromatic rings. The van der Waals surface area contributed by atoms with Crippen LogP contribution in [0.15, 0.2) is 84.9 Å². The molecule has 0 aromatic heterocycles. The summed E-state index contributed by atoms with van der Waals surface area (Å²) >= 11 is 0. The summed E-state index contributed by atoms with van der Waals surface area (Å²) in [5, 5.41) is 7.18. The minimum Gasteiger partial charge on any atom is -0.494 e. The molecular weight excluding hydrogens is 1020 g/mol. The fourth-order valence-electron chi connectivity index (χ4n) is 12.0. The summed E-state index contributed by atoms with van der Waals surface area (Å²) in [5.41, 5.74) is 3.77. The molecule has 0 atom stereocenters. The third kappa shape index (κ3) is 25.7. The van der Waals surface area contributed by atoms with Crippen LogP contribution >= 0.6 is 0 Å². The Hall–Kier alpha value is -5.32. The van der Waals surface area contributed by atoms with E-state index >= 15 is 0 Å². The highest BCUT2D eigenvalue weighted by molar-refractivity contribution is 6.24. The van der Waals surface area contributed by atoms with E-state index in [9.17, 15) is 0 Å². The second kappa shape index (κ2) is 43.3. The molecular formula is C80H114O4. The topological polar surface area (TPSA) is 36.9 Å². The van der Waals surface area contributed by atoms with Crippen LogP contribution in [0.25, 0.3) is 32.3 Å². The van der Waals surface area contributed by atoms with E-state index in [0.29, 0.717) is 13.2 Å². The molecule has 0 amide bonds. The van der Waals surface area contributed by atoms with Crippen molar-refractivity contribution in [1.82, 2.24) is 0 Å². The molecule has 0 saturated carbocycles. The minimum atomic E-state index is 0.695. The molecule has 0 aliphatic rings. The molecule has 0 fully saturated rings. The lowest BCUT2D eigenvalue weighted by Gasteiger charge is -2.13. The van der Waals surface area contributed by atoms with Gasteiger partial charge < -0.3 is 18.9 Å². The van der Waals surface area contributed by atoms with Gasteiger partial charge in [-0.05, 0) is 107 Å². The van der Waals surface area contributed by atoms with Crippen LogP contribution in [0.5, 0.6) is 23.0 Å². The fraction of sp³-hybridized carbons (Fsp3) is 0.600. The SMILES string of the molecule is CCCCCCCCCCCCOc1ccc(OCCCCCCCCCCCC)c(C#Cc2ccc3ccc4c(C#Cc5cc(OCCCCCCCCCCCC)ccc5OCCCCCCCCCCCC)ccc5ccc2c3c54)c1. The Balaban J connectivity index is 1.16. The number of benzene rings is 6. The number of ether oxygens (including phenoxy) is 4. The average Bonchev–Trinajstić information content (AvgIpc) is 1.39. The van der Waals surface area contributed by atoms with Gasteiger partial charge in [-0.2, -0.15) is 0 Å². The van der Waals surface area contributed by atoms with Crippen LogP contribution < -0.4 is 18.9 Å². The van der Waals surface area contributed by atoms with Gasteiger partial charge in [-0.25, -0.2) is 0 Å². The zero-order valence-electron chi connectivity index (χ0n) is 53.8. The summed E-state index contributed by atoms with van der Waals surface area (Å²) in [5.74, 6) is 17.9. The van der Waals surface area contributed by atoms with E-state index in [2.05, 4.69) is 136 Å². The van der Waals surface area contributed by atoms with E-state index in [-0.39, 0.29) is 0 Å². The lowest BCUT2D eigenvalue weighted by Crippen LogP contribution is -2.01. The highest BCUT2D eigenvalue weighted by atomic mass is 16.5. The normalized spacial score (nSPS) is 11.3. The first-order valence-corrected chi connectivity index (χ1v) is 35.2. The first kappa shape index (κ1) is 67.8. The Labute approximate surface area is 513 Å². The largest absolute Gasteiger partial charge is 0.494 e. The molecule has 0 saturated heterocycles. The Morgan fingerprint density at radius 1 is 0.238 bits per heavy atom. The third-order valence-corrected chi connectivity index (χ3v) is 17.3. The number of rotatable bonds is 48. The maximum atomic E-state index is 6.54. The fourth-order valence-corrected chi connectivity index (χ4v) is 12.0. The van der Waals surface area contributed by atoms with Crippen LogP contribution in [-0.2, 0) is 0 Å². The highest BCUT2D eigenvalue weighted by Crippen LogP contribution is 2.38. The molecule has 6 rings (SSSR count). The summed E-state index contributed by atoms with van der Waals surface area (Å²) in [6.45, 7) is 12.0. The van der Waals surface area contributed by atoms with E-state index in [1.807, 2.05) is 0 Å². The van der Waals surface area contributed by atoms with E-state index < -0.39 is 0 Å². The maximum Gasteiger partial charge on any atom is 0.135 e. The zero-order valence-corrected chi connectivity index (χ0v) is 53.8. The van der Waals surface area contributed by atoms with Crippen molar-refractivity contribution in [2.45, 2.75) is 285 Å². The van der Waals surface area contributed by atoms with Gasteiger partial charge in [-0.1, -0.05) is 319 Å². The number of hydrogen-bond donors (Lipinski definition) is 0. The van der Waals surface area contributed by atoms with Gasteiger partial charge in [0.15, 0.2) is 0 Å². The molecule has 4 heteroatoms. The Kier molecular flexibility index (Phi) is 35.0. The second-order valence-electron chi connectivity index (χ2n) is 24.6. The molecule has 84 heavy (non-hydrogen) atoms. The monoisotopic (exact) mass is 1140 g/mol. The van der Waals surface area contributed by atoms with E-state index in [0.717, 1.165) is 94.9 Å². The van der Waals surface area contributed by atoms with Crippen LogP contribution in [-0.4, -0.2) is 26.4 Å². The Morgan fingerprint density at radius 2 is 0.488 bits per heavy atom. The third-order valence-electron chi connectivity index (χ3n) is 17.3. The van der Waals surface area contributed by atoms with Gasteiger partial charge in [-0.15, -0.1) is 0 Å². The van der Waals surface area contributed by atoms with Gasteiger partial charge in [0.2, 0.25) is 0 Å². The van der Waals surface area contributed by atoms with Crippen LogP contribution in [0.3, 0.4) is 0 Å². The van der Waals surface area contributed by atoms with Crippen molar-refractivity contribution >= 4 is 32.3 Å². The lowest BCUT2D eigenvalue weighted by atomic mass is 9.90. The number of unbranched alkanes of at least 4 members (excludes halogenated alkanes) is 36. The van der Waals surface area contributed by atoms with Crippen molar-refractivity contribution in [3.8, 4) is 46.7 Å². The Bertz CT molecular complexity index is 2610. The van der Waals surface area contributed by atoms with Gasteiger partial charge in [0, 0.05) is 11.1 Å². The van der Waals surface area contributed by atoms with Crippen molar-refractivity contribution in [3.05, 3.63) is 107 Å². The van der Waals surface area contributed by atoms with E-state index in [1.165, 1.54) is 253 Å². The van der Waals surface area contributed by atoms with E-state index in [1.54, 1.807) is 0 Å². The van der Waals surface area contributed by atoms with Crippen LogP contribution in [0.1, 0.15) is 307 Å². The standard InChI is InChI=1S/C80H114O4/c1-5-9-13-17-21-25-29-33-37-41-61-81-73-55-59-77(83-63-43-39-35-31-27-23-19-15-11-7-3)71(65-73)51-47-67-45-49-69-54-58-76-68(46-50-70-53-57-75(67)79(69)80(70)76)48-52-72-66-74(82-62-42-38-34-30-26-22-18-14-10-6-2)56-60-78(72)84-64-44-40-36-32-28-24-20-16-12-8-4/h45-46,49-50,53-60,65-66H,5-44,61-64H2,1-4H3. The van der Waals surface area contributed by atoms with E-state index in [4.69, 9.17) is 18.9 Å². The maximum absolute atomic E-state index is 6.54. The van der Waals surface area contributed by atoms with Gasteiger partial charge in [-0.3, -0.25) is 0 Å². The quantitative estimate of drug-likeness (QED) is 0.0217. The van der Waals surface area contributed by atoms with Gasteiger partial charge >= 0.3 is 0 Å². The predicted molar refractivity (Wildman–Crippen MR) is 364 cm³/mol. The molecule has 0 aliphatic carbocycles. The first-order valence-electron chi connectivity index (χ1n) is 35.2. The molecule has 4 nitrogen and oxygen atoms in total. The highest BCUT2D eigenvalue weighted by Gasteiger charge is 2.14. The zero-order chi connectivity index (χ0) is 58.8. The number of hydrogen-bond acceptors (Lipinski definition) is 4. The first-order chi connectivity index (χ1) is 41.6. The minimum absolute atomic E-state index is 0.695. The molecule has 0 N–H and O–H groups in total. The van der Waals surface area contributed by atoms with Crippen LogP contribution in [0.4, 0.5) is 0 Å². The molecule has 6 aromatic carbocycles. The predicted octanol–water partition coefficient (Wildman–Crippen LogP) is 24.6.